The van der Waals surface area contributed by atoms with Crippen LogP contribution >= 0.6 is 0 Å². The van der Waals surface area contributed by atoms with Crippen LogP contribution in [0, 0.1) is 11.3 Å². The topological polar surface area (TPSA) is 74.6 Å². The van der Waals surface area contributed by atoms with E-state index >= 15 is 0 Å². The number of benzene rings is 2. The van der Waals surface area contributed by atoms with Gasteiger partial charge in [-0.05, 0) is 42.7 Å². The molecule has 0 unspecified atom stereocenters. The highest BCUT2D eigenvalue weighted by Gasteiger charge is 2.08. The lowest BCUT2D eigenvalue weighted by Gasteiger charge is -2.13. The van der Waals surface area contributed by atoms with Gasteiger partial charge in [-0.25, -0.2) is 0 Å². The molecule has 0 bridgehead atoms. The molecule has 0 saturated carbocycles. The summed E-state index contributed by atoms with van der Waals surface area (Å²) in [6.07, 6.45) is 1.76. The van der Waals surface area contributed by atoms with Crippen LogP contribution in [0.1, 0.15) is 17.5 Å². The van der Waals surface area contributed by atoms with Crippen molar-refractivity contribution < 1.29 is 14.3 Å². The van der Waals surface area contributed by atoms with E-state index in [9.17, 15) is 4.79 Å². The molecule has 0 fully saturated rings. The minimum absolute atomic E-state index is 0.0974. The monoisotopic (exact) mass is 367 g/mol. The van der Waals surface area contributed by atoms with Crippen molar-refractivity contribution in [3.63, 3.8) is 0 Å². The highest BCUT2D eigenvalue weighted by atomic mass is 16.5. The molecule has 2 rings (SSSR count). The van der Waals surface area contributed by atoms with Crippen molar-refractivity contribution in [2.24, 2.45) is 0 Å². The Balaban J connectivity index is 1.71. The van der Waals surface area contributed by atoms with E-state index in [1.165, 1.54) is 18.4 Å². The third-order valence-electron chi connectivity index (χ3n) is 4.07. The number of hydrogen-bond acceptors (Lipinski definition) is 5. The summed E-state index contributed by atoms with van der Waals surface area (Å²) in [6, 6.07) is 15.3. The van der Waals surface area contributed by atoms with E-state index in [1.54, 1.807) is 18.2 Å². The van der Waals surface area contributed by atoms with Crippen LogP contribution in [0.2, 0.25) is 0 Å². The van der Waals surface area contributed by atoms with Crippen LogP contribution in [0.5, 0.6) is 11.5 Å². The number of nitrogens with one attached hydrogen (secondary N) is 1. The summed E-state index contributed by atoms with van der Waals surface area (Å²) in [6.45, 7) is 0.488. The molecule has 0 spiro atoms. The fraction of sp³-hybridized carbons (Fsp3) is 0.333. The van der Waals surface area contributed by atoms with Crippen LogP contribution in [0.3, 0.4) is 0 Å². The van der Waals surface area contributed by atoms with E-state index in [0.29, 0.717) is 23.6 Å². The predicted molar refractivity (Wildman–Crippen MR) is 105 cm³/mol. The van der Waals surface area contributed by atoms with Gasteiger partial charge in [-0.2, -0.15) is 5.26 Å². The summed E-state index contributed by atoms with van der Waals surface area (Å²) < 4.78 is 10.7. The van der Waals surface area contributed by atoms with Gasteiger partial charge in [-0.15, -0.1) is 0 Å². The summed E-state index contributed by atoms with van der Waals surface area (Å²) in [5.74, 6) is 0.681. The zero-order chi connectivity index (χ0) is 19.6. The van der Waals surface area contributed by atoms with E-state index < -0.39 is 0 Å². The molecule has 2 aromatic carbocycles. The number of rotatable bonds is 9. The number of carbonyl (C=O) groups is 1. The zero-order valence-electron chi connectivity index (χ0n) is 16.0. The Hall–Kier alpha value is -3.20. The molecule has 6 heteroatoms. The van der Waals surface area contributed by atoms with Gasteiger partial charge in [0.25, 0.3) is 5.91 Å². The van der Waals surface area contributed by atoms with Gasteiger partial charge in [-0.3, -0.25) is 4.79 Å². The second kappa shape index (κ2) is 10.1. The van der Waals surface area contributed by atoms with Crippen LogP contribution < -0.4 is 19.7 Å². The maximum Gasteiger partial charge on any atom is 0.257 e. The summed E-state index contributed by atoms with van der Waals surface area (Å²) in [5.41, 5.74) is 2.89. The van der Waals surface area contributed by atoms with Crippen molar-refractivity contribution in [2.45, 2.75) is 12.8 Å². The lowest BCUT2D eigenvalue weighted by atomic mass is 10.1. The molecule has 0 aliphatic carbocycles. The Morgan fingerprint density at radius 1 is 1.15 bits per heavy atom. The smallest absolute Gasteiger partial charge is 0.257 e. The molecule has 0 atom stereocenters. The van der Waals surface area contributed by atoms with Crippen molar-refractivity contribution in [1.29, 1.82) is 5.26 Å². The van der Waals surface area contributed by atoms with Gasteiger partial charge in [0.1, 0.15) is 0 Å². The number of ether oxygens (including phenoxy) is 2. The minimum Gasteiger partial charge on any atom is -0.493 e. The highest BCUT2D eigenvalue weighted by molar-refractivity contribution is 5.77. The molecule has 0 aromatic heterocycles. The first-order chi connectivity index (χ1) is 13.0. The number of anilines is 1. The normalized spacial score (nSPS) is 10.0. The molecule has 0 aliphatic rings. The van der Waals surface area contributed by atoms with E-state index in [4.69, 9.17) is 14.7 Å². The first-order valence-corrected chi connectivity index (χ1v) is 8.77. The summed E-state index contributed by atoms with van der Waals surface area (Å²) in [4.78, 5) is 14.0. The van der Waals surface area contributed by atoms with Crippen LogP contribution in [0.15, 0.2) is 42.5 Å². The molecule has 27 heavy (non-hydrogen) atoms. The number of nitrogens with zero attached hydrogens (tertiary/aromatic N) is 2. The molecule has 0 aliphatic heterocycles. The molecule has 0 radical (unpaired) electrons. The first kappa shape index (κ1) is 20.1. The summed E-state index contributed by atoms with van der Waals surface area (Å²) in [5, 5.41) is 11.7. The third kappa shape index (κ3) is 6.23. The first-order valence-electron chi connectivity index (χ1n) is 8.77. The molecule has 0 heterocycles. The van der Waals surface area contributed by atoms with Gasteiger partial charge < -0.3 is 19.7 Å². The second-order valence-corrected chi connectivity index (χ2v) is 6.28. The second-order valence-electron chi connectivity index (χ2n) is 6.28. The number of methoxy groups -OCH3 is 1. The average molecular weight is 367 g/mol. The highest BCUT2D eigenvalue weighted by Crippen LogP contribution is 2.27. The molecule has 1 amide bonds. The molecule has 2 aromatic rings. The maximum atomic E-state index is 11.9. The predicted octanol–water partition coefficient (Wildman–Crippen LogP) is 2.76. The van der Waals surface area contributed by atoms with E-state index in [2.05, 4.69) is 34.5 Å². The van der Waals surface area contributed by atoms with Crippen molar-refractivity contribution in [3.05, 3.63) is 53.6 Å². The maximum absolute atomic E-state index is 11.9. The Morgan fingerprint density at radius 3 is 2.52 bits per heavy atom. The SMILES string of the molecule is COc1cc(C#N)ccc1OCC(=O)NCCCc1ccc(N(C)C)cc1. The zero-order valence-corrected chi connectivity index (χ0v) is 16.0. The van der Waals surface area contributed by atoms with E-state index in [-0.39, 0.29) is 12.5 Å². The van der Waals surface area contributed by atoms with Gasteiger partial charge in [0.2, 0.25) is 0 Å². The Morgan fingerprint density at radius 2 is 1.89 bits per heavy atom. The van der Waals surface area contributed by atoms with Crippen molar-refractivity contribution in [2.75, 3.05) is 39.3 Å². The Bertz CT molecular complexity index is 795. The van der Waals surface area contributed by atoms with E-state index in [1.807, 2.05) is 20.2 Å². The molecule has 142 valence electrons. The van der Waals surface area contributed by atoms with Gasteiger partial charge in [0.15, 0.2) is 18.1 Å². The van der Waals surface area contributed by atoms with Gasteiger partial charge in [0.05, 0.1) is 18.7 Å². The number of hydrogen-bond donors (Lipinski definition) is 1. The Labute approximate surface area is 160 Å². The van der Waals surface area contributed by atoms with Crippen LogP contribution in [-0.4, -0.2) is 40.3 Å². The van der Waals surface area contributed by atoms with Gasteiger partial charge in [0, 0.05) is 32.4 Å². The molecule has 0 saturated heterocycles. The Kier molecular flexibility index (Phi) is 7.50. The minimum atomic E-state index is -0.190. The third-order valence-corrected chi connectivity index (χ3v) is 4.07. The van der Waals surface area contributed by atoms with Crippen LogP contribution in [0.4, 0.5) is 5.69 Å². The largest absolute Gasteiger partial charge is 0.493 e. The van der Waals surface area contributed by atoms with Crippen molar-refractivity contribution in [3.8, 4) is 17.6 Å². The fourth-order valence-electron chi connectivity index (χ4n) is 2.53. The van der Waals surface area contributed by atoms with Crippen LogP contribution in [-0.2, 0) is 11.2 Å². The lowest BCUT2D eigenvalue weighted by molar-refractivity contribution is -0.123. The number of aryl methyl sites for hydroxylation is 1. The van der Waals surface area contributed by atoms with Crippen molar-refractivity contribution in [1.82, 2.24) is 5.32 Å². The number of carbonyl (C=O) groups excluding carboxylic acids is 1. The molecular formula is C21H25N3O3. The standard InChI is InChI=1S/C21H25N3O3/c1-24(2)18-9-6-16(7-10-18)5-4-12-23-21(25)15-27-19-11-8-17(14-22)13-20(19)26-3/h6-11,13H,4-5,12,15H2,1-3H3,(H,23,25). The van der Waals surface area contributed by atoms with Crippen molar-refractivity contribution >= 4 is 11.6 Å². The van der Waals surface area contributed by atoms with E-state index in [0.717, 1.165) is 12.8 Å². The quantitative estimate of drug-likeness (QED) is 0.690. The van der Waals surface area contributed by atoms with Crippen LogP contribution in [0.25, 0.3) is 0 Å². The molecule has 1 N–H and O–H groups in total. The number of nitriles is 1. The van der Waals surface area contributed by atoms with Gasteiger partial charge >= 0.3 is 0 Å². The number of amides is 1. The summed E-state index contributed by atoms with van der Waals surface area (Å²) in [7, 11) is 5.52. The summed E-state index contributed by atoms with van der Waals surface area (Å²) >= 11 is 0. The molecular weight excluding hydrogens is 342 g/mol. The lowest BCUT2D eigenvalue weighted by Crippen LogP contribution is -2.30. The average Bonchev–Trinajstić information content (AvgIpc) is 2.69. The molecule has 6 nitrogen and oxygen atoms in total. The van der Waals surface area contributed by atoms with Gasteiger partial charge in [-0.1, -0.05) is 12.1 Å². The fourth-order valence-corrected chi connectivity index (χ4v) is 2.53.